The van der Waals surface area contributed by atoms with E-state index in [1.54, 1.807) is 26.0 Å². The van der Waals surface area contributed by atoms with E-state index in [-0.39, 0.29) is 11.4 Å². The van der Waals surface area contributed by atoms with Crippen LogP contribution in [0.15, 0.2) is 47.4 Å². The lowest BCUT2D eigenvalue weighted by molar-refractivity contribution is -0.114. The van der Waals surface area contributed by atoms with E-state index >= 15 is 0 Å². The number of sulfonamides is 1. The molecule has 2 rings (SSSR count). The van der Waals surface area contributed by atoms with Gasteiger partial charge < -0.3 is 10.6 Å². The summed E-state index contributed by atoms with van der Waals surface area (Å²) in [5.41, 5.74) is -0.130. The van der Waals surface area contributed by atoms with Gasteiger partial charge in [0.05, 0.1) is 11.4 Å². The molecule has 0 aromatic heterocycles. The SMILES string of the molecule is CCN(CC)S(=O)(=O)c1cccc(NCC(=O)Nc2c(F)cccc2F)c1. The van der Waals surface area contributed by atoms with Gasteiger partial charge in [-0.15, -0.1) is 0 Å². The van der Waals surface area contributed by atoms with E-state index in [0.29, 0.717) is 18.8 Å². The topological polar surface area (TPSA) is 78.5 Å². The Kier molecular flexibility index (Phi) is 6.86. The lowest BCUT2D eigenvalue weighted by atomic mass is 10.3. The van der Waals surface area contributed by atoms with E-state index in [4.69, 9.17) is 0 Å². The maximum absolute atomic E-state index is 13.6. The third-order valence-electron chi connectivity index (χ3n) is 3.86. The van der Waals surface area contributed by atoms with Crippen molar-refractivity contribution in [3.8, 4) is 0 Å². The molecule has 0 saturated heterocycles. The average Bonchev–Trinajstić information content (AvgIpc) is 2.64. The molecule has 6 nitrogen and oxygen atoms in total. The highest BCUT2D eigenvalue weighted by Crippen LogP contribution is 2.20. The first-order valence-electron chi connectivity index (χ1n) is 8.37. The Bertz CT molecular complexity index is 896. The van der Waals surface area contributed by atoms with Crippen molar-refractivity contribution in [1.82, 2.24) is 4.31 Å². The first-order valence-corrected chi connectivity index (χ1v) is 9.81. The molecule has 0 atom stereocenters. The monoisotopic (exact) mass is 397 g/mol. The molecule has 27 heavy (non-hydrogen) atoms. The summed E-state index contributed by atoms with van der Waals surface area (Å²) in [4.78, 5) is 12.0. The minimum atomic E-state index is -3.63. The zero-order valence-electron chi connectivity index (χ0n) is 15.0. The van der Waals surface area contributed by atoms with Gasteiger partial charge in [0.15, 0.2) is 0 Å². The summed E-state index contributed by atoms with van der Waals surface area (Å²) >= 11 is 0. The molecule has 2 aromatic carbocycles. The van der Waals surface area contributed by atoms with E-state index in [1.165, 1.54) is 22.5 Å². The van der Waals surface area contributed by atoms with Crippen LogP contribution in [0.1, 0.15) is 13.8 Å². The van der Waals surface area contributed by atoms with Crippen LogP contribution >= 0.6 is 0 Å². The molecule has 0 saturated carbocycles. The molecule has 0 heterocycles. The van der Waals surface area contributed by atoms with Crippen molar-refractivity contribution in [3.63, 3.8) is 0 Å². The number of carbonyl (C=O) groups is 1. The molecule has 0 aliphatic carbocycles. The van der Waals surface area contributed by atoms with Gasteiger partial charge in [-0.25, -0.2) is 17.2 Å². The van der Waals surface area contributed by atoms with Crippen molar-refractivity contribution in [3.05, 3.63) is 54.1 Å². The normalized spacial score (nSPS) is 11.4. The third kappa shape index (κ3) is 5.01. The highest BCUT2D eigenvalue weighted by molar-refractivity contribution is 7.89. The van der Waals surface area contributed by atoms with Crippen LogP contribution in [-0.2, 0) is 14.8 Å². The molecule has 146 valence electrons. The minimum Gasteiger partial charge on any atom is -0.376 e. The zero-order valence-corrected chi connectivity index (χ0v) is 15.8. The van der Waals surface area contributed by atoms with E-state index in [1.807, 2.05) is 0 Å². The van der Waals surface area contributed by atoms with Crippen molar-refractivity contribution in [1.29, 1.82) is 0 Å². The maximum atomic E-state index is 13.6. The number of amides is 1. The number of nitrogens with zero attached hydrogens (tertiary/aromatic N) is 1. The Morgan fingerprint density at radius 3 is 2.22 bits per heavy atom. The molecule has 0 aliphatic rings. The predicted octanol–water partition coefficient (Wildman–Crippen LogP) is 3.05. The number of benzene rings is 2. The summed E-state index contributed by atoms with van der Waals surface area (Å²) in [6.07, 6.45) is 0. The fourth-order valence-corrected chi connectivity index (χ4v) is 3.97. The fourth-order valence-electron chi connectivity index (χ4n) is 2.46. The molecule has 0 unspecified atom stereocenters. The van der Waals surface area contributed by atoms with Gasteiger partial charge in [0.2, 0.25) is 15.9 Å². The van der Waals surface area contributed by atoms with Crippen LogP contribution in [0.2, 0.25) is 0 Å². The number of rotatable bonds is 8. The lowest BCUT2D eigenvalue weighted by Gasteiger charge is -2.19. The molecule has 2 aromatic rings. The van der Waals surface area contributed by atoms with Crippen LogP contribution in [0.3, 0.4) is 0 Å². The Balaban J connectivity index is 2.08. The summed E-state index contributed by atoms with van der Waals surface area (Å²) in [6, 6.07) is 9.28. The number of para-hydroxylation sites is 1. The molecule has 2 N–H and O–H groups in total. The van der Waals surface area contributed by atoms with Gasteiger partial charge >= 0.3 is 0 Å². The molecule has 0 bridgehead atoms. The summed E-state index contributed by atoms with van der Waals surface area (Å²) < 4.78 is 53.5. The smallest absolute Gasteiger partial charge is 0.243 e. The molecule has 9 heteroatoms. The number of anilines is 2. The second kappa shape index (κ2) is 8.92. The average molecular weight is 397 g/mol. The van der Waals surface area contributed by atoms with Crippen molar-refractivity contribution in [2.24, 2.45) is 0 Å². The van der Waals surface area contributed by atoms with Crippen LogP contribution in [-0.4, -0.2) is 38.3 Å². The highest BCUT2D eigenvalue weighted by Gasteiger charge is 2.21. The molecular weight excluding hydrogens is 376 g/mol. The standard InChI is InChI=1S/C18H21F2N3O3S/c1-3-23(4-2)27(25,26)14-8-5-7-13(11-14)21-12-17(24)22-18-15(19)9-6-10-16(18)20/h5-11,21H,3-4,12H2,1-2H3,(H,22,24). The van der Waals surface area contributed by atoms with Gasteiger partial charge in [0, 0.05) is 18.8 Å². The van der Waals surface area contributed by atoms with Crippen LogP contribution in [0, 0.1) is 11.6 Å². The van der Waals surface area contributed by atoms with E-state index in [9.17, 15) is 22.0 Å². The summed E-state index contributed by atoms with van der Waals surface area (Å²) in [5, 5.41) is 4.90. The van der Waals surface area contributed by atoms with E-state index < -0.39 is 33.3 Å². The first-order chi connectivity index (χ1) is 12.8. The first kappa shape index (κ1) is 20.8. The Morgan fingerprint density at radius 1 is 1.04 bits per heavy atom. The molecule has 0 radical (unpaired) electrons. The van der Waals surface area contributed by atoms with Crippen molar-refractivity contribution in [2.45, 2.75) is 18.7 Å². The summed E-state index contributed by atoms with van der Waals surface area (Å²) in [6.45, 7) is 3.88. The lowest BCUT2D eigenvalue weighted by Crippen LogP contribution is -2.30. The number of carbonyl (C=O) groups excluding carboxylic acids is 1. The van der Waals surface area contributed by atoms with E-state index in [0.717, 1.165) is 12.1 Å². The number of hydrogen-bond donors (Lipinski definition) is 2. The van der Waals surface area contributed by atoms with Gasteiger partial charge in [0.1, 0.15) is 17.3 Å². The van der Waals surface area contributed by atoms with Crippen LogP contribution in [0.4, 0.5) is 20.2 Å². The largest absolute Gasteiger partial charge is 0.376 e. The van der Waals surface area contributed by atoms with E-state index in [2.05, 4.69) is 10.6 Å². The third-order valence-corrected chi connectivity index (χ3v) is 5.90. The zero-order chi connectivity index (χ0) is 20.0. The number of hydrogen-bond acceptors (Lipinski definition) is 4. The molecule has 0 spiro atoms. The predicted molar refractivity (Wildman–Crippen MR) is 100 cm³/mol. The minimum absolute atomic E-state index is 0.0942. The second-order valence-corrected chi connectivity index (χ2v) is 7.55. The van der Waals surface area contributed by atoms with Gasteiger partial charge in [-0.3, -0.25) is 4.79 Å². The maximum Gasteiger partial charge on any atom is 0.243 e. The summed E-state index contributed by atoms with van der Waals surface area (Å²) in [7, 11) is -3.63. The Morgan fingerprint density at radius 2 is 1.63 bits per heavy atom. The quantitative estimate of drug-likeness (QED) is 0.718. The van der Waals surface area contributed by atoms with Crippen LogP contribution in [0.5, 0.6) is 0 Å². The van der Waals surface area contributed by atoms with Crippen molar-refractivity contribution >= 4 is 27.3 Å². The highest BCUT2D eigenvalue weighted by atomic mass is 32.2. The van der Waals surface area contributed by atoms with Crippen molar-refractivity contribution in [2.75, 3.05) is 30.3 Å². The number of halogens is 2. The molecule has 0 fully saturated rings. The molecule has 1 amide bonds. The second-order valence-electron chi connectivity index (χ2n) is 5.62. The Labute approximate surface area is 157 Å². The Hall–Kier alpha value is -2.52. The summed E-state index contributed by atoms with van der Waals surface area (Å²) in [5.74, 6) is -2.43. The van der Waals surface area contributed by atoms with Gasteiger partial charge in [-0.2, -0.15) is 4.31 Å². The van der Waals surface area contributed by atoms with Crippen molar-refractivity contribution < 1.29 is 22.0 Å². The fraction of sp³-hybridized carbons (Fsp3) is 0.278. The van der Waals surface area contributed by atoms with Crippen LogP contribution < -0.4 is 10.6 Å². The van der Waals surface area contributed by atoms with Crippen LogP contribution in [0.25, 0.3) is 0 Å². The van der Waals surface area contributed by atoms with Gasteiger partial charge in [-0.05, 0) is 30.3 Å². The van der Waals surface area contributed by atoms with Gasteiger partial charge in [-0.1, -0.05) is 26.0 Å². The molecule has 0 aliphatic heterocycles. The van der Waals surface area contributed by atoms with Gasteiger partial charge in [0.25, 0.3) is 0 Å². The molecular formula is C18H21F2N3O3S. The number of nitrogens with one attached hydrogen (secondary N) is 2.